The van der Waals surface area contributed by atoms with Gasteiger partial charge in [0.05, 0.1) is 0 Å². The van der Waals surface area contributed by atoms with Crippen LogP contribution in [0.15, 0.2) is 30.3 Å². The highest BCUT2D eigenvalue weighted by Gasteiger charge is 2.22. The molecule has 0 fully saturated rings. The van der Waals surface area contributed by atoms with Crippen LogP contribution in [0.3, 0.4) is 0 Å². The average Bonchev–Trinajstić information content (AvgIpc) is 2.18. The van der Waals surface area contributed by atoms with Crippen LogP contribution in [0.25, 0.3) is 0 Å². The number of carbonyl (C=O) groups is 1. The number of para-hydroxylation sites is 1. The Labute approximate surface area is 87.6 Å². The largest absolute Gasteiger partial charge is 0.480 e. The van der Waals surface area contributed by atoms with Crippen molar-refractivity contribution < 1.29 is 9.90 Å². The summed E-state index contributed by atoms with van der Waals surface area (Å²) in [5.74, 6) is -1.30. The summed E-state index contributed by atoms with van der Waals surface area (Å²) in [6.07, 6.45) is 0. The van der Waals surface area contributed by atoms with Crippen LogP contribution in [0, 0.1) is 5.41 Å². The predicted molar refractivity (Wildman–Crippen MR) is 57.9 cm³/mol. The number of benzene rings is 1. The van der Waals surface area contributed by atoms with Crippen molar-refractivity contribution in [2.75, 3.05) is 4.90 Å². The van der Waals surface area contributed by atoms with Crippen molar-refractivity contribution in [3.8, 4) is 0 Å². The summed E-state index contributed by atoms with van der Waals surface area (Å²) in [4.78, 5) is 12.1. The summed E-state index contributed by atoms with van der Waals surface area (Å²) in [5, 5.41) is 16.2. The molecule has 15 heavy (non-hydrogen) atoms. The maximum atomic E-state index is 10.8. The molecule has 0 aromatic heterocycles. The first kappa shape index (κ1) is 11.0. The summed E-state index contributed by atoms with van der Waals surface area (Å²) >= 11 is 0. The maximum Gasteiger partial charge on any atom is 0.326 e. The highest BCUT2D eigenvalue weighted by molar-refractivity contribution is 5.98. The van der Waals surface area contributed by atoms with Crippen molar-refractivity contribution in [3.05, 3.63) is 30.3 Å². The molecule has 0 unspecified atom stereocenters. The van der Waals surface area contributed by atoms with E-state index in [2.05, 4.69) is 0 Å². The Hall–Kier alpha value is -2.04. The molecule has 0 heterocycles. The first-order valence-electron chi connectivity index (χ1n) is 4.45. The lowest BCUT2D eigenvalue weighted by Gasteiger charge is -2.26. The number of rotatable bonds is 3. The van der Waals surface area contributed by atoms with Crippen LogP contribution in [-0.2, 0) is 4.79 Å². The van der Waals surface area contributed by atoms with Crippen LogP contribution in [0.5, 0.6) is 0 Å². The van der Waals surface area contributed by atoms with Gasteiger partial charge in [0.25, 0.3) is 0 Å². The van der Waals surface area contributed by atoms with Crippen molar-refractivity contribution in [3.63, 3.8) is 0 Å². The second-order valence-electron chi connectivity index (χ2n) is 3.11. The van der Waals surface area contributed by atoms with Gasteiger partial charge >= 0.3 is 5.97 Å². The third kappa shape index (κ3) is 2.46. The average molecular weight is 207 g/mol. The van der Waals surface area contributed by atoms with E-state index in [1.807, 2.05) is 6.07 Å². The molecular formula is C10H13N3O2. The zero-order chi connectivity index (χ0) is 11.4. The molecule has 5 heteroatoms. The predicted octanol–water partition coefficient (Wildman–Crippen LogP) is 0.860. The Morgan fingerprint density at radius 3 is 2.40 bits per heavy atom. The minimum absolute atomic E-state index is 0.281. The van der Waals surface area contributed by atoms with Gasteiger partial charge in [0.2, 0.25) is 0 Å². The molecular weight excluding hydrogens is 194 g/mol. The number of nitrogens with two attached hydrogens (primary N) is 1. The molecule has 0 radical (unpaired) electrons. The number of hydrogen-bond acceptors (Lipinski definition) is 2. The summed E-state index contributed by atoms with van der Waals surface area (Å²) in [7, 11) is 0. The molecule has 5 nitrogen and oxygen atoms in total. The van der Waals surface area contributed by atoms with Gasteiger partial charge < -0.3 is 10.8 Å². The van der Waals surface area contributed by atoms with Gasteiger partial charge in [0.1, 0.15) is 6.04 Å². The van der Waals surface area contributed by atoms with Crippen LogP contribution < -0.4 is 10.6 Å². The van der Waals surface area contributed by atoms with Crippen molar-refractivity contribution in [1.29, 1.82) is 5.41 Å². The maximum absolute atomic E-state index is 10.8. The van der Waals surface area contributed by atoms with E-state index in [9.17, 15) is 4.79 Å². The van der Waals surface area contributed by atoms with E-state index < -0.39 is 12.0 Å². The van der Waals surface area contributed by atoms with Crippen LogP contribution in [0.2, 0.25) is 0 Å². The van der Waals surface area contributed by atoms with E-state index in [4.69, 9.17) is 16.2 Å². The molecule has 1 aromatic rings. The lowest BCUT2D eigenvalue weighted by molar-refractivity contribution is -0.137. The van der Waals surface area contributed by atoms with Gasteiger partial charge in [-0.1, -0.05) is 18.2 Å². The van der Waals surface area contributed by atoms with Crippen molar-refractivity contribution in [2.45, 2.75) is 13.0 Å². The molecule has 4 N–H and O–H groups in total. The smallest absolute Gasteiger partial charge is 0.326 e. The van der Waals surface area contributed by atoms with E-state index in [1.54, 1.807) is 24.3 Å². The molecule has 0 spiro atoms. The number of nitrogens with one attached hydrogen (secondary N) is 1. The minimum Gasteiger partial charge on any atom is -0.480 e. The number of anilines is 1. The molecule has 80 valence electrons. The molecule has 0 saturated carbocycles. The second-order valence-corrected chi connectivity index (χ2v) is 3.11. The first-order valence-corrected chi connectivity index (χ1v) is 4.45. The quantitative estimate of drug-likeness (QED) is 0.506. The van der Waals surface area contributed by atoms with E-state index in [0.717, 1.165) is 0 Å². The van der Waals surface area contributed by atoms with Crippen molar-refractivity contribution >= 4 is 17.6 Å². The Bertz CT molecular complexity index is 364. The molecule has 0 amide bonds. The highest BCUT2D eigenvalue weighted by Crippen LogP contribution is 2.15. The molecule has 0 bridgehead atoms. The molecule has 0 aliphatic heterocycles. The van der Waals surface area contributed by atoms with Crippen LogP contribution in [-0.4, -0.2) is 23.1 Å². The topological polar surface area (TPSA) is 90.4 Å². The fourth-order valence-electron chi connectivity index (χ4n) is 1.27. The first-order chi connectivity index (χ1) is 7.04. The number of nitrogens with zero attached hydrogens (tertiary/aromatic N) is 1. The van der Waals surface area contributed by atoms with E-state index in [1.165, 1.54) is 11.8 Å². The van der Waals surface area contributed by atoms with Gasteiger partial charge in [-0.25, -0.2) is 4.79 Å². The number of carboxylic acid groups (broad SMARTS) is 1. The van der Waals surface area contributed by atoms with Gasteiger partial charge in [-0.15, -0.1) is 0 Å². The Balaban J connectivity index is 3.04. The summed E-state index contributed by atoms with van der Waals surface area (Å²) in [6, 6.07) is 7.90. The summed E-state index contributed by atoms with van der Waals surface area (Å²) in [5.41, 5.74) is 5.95. The van der Waals surface area contributed by atoms with Gasteiger partial charge in [-0.05, 0) is 19.1 Å². The van der Waals surface area contributed by atoms with E-state index in [-0.39, 0.29) is 5.96 Å². The third-order valence-corrected chi connectivity index (χ3v) is 2.04. The van der Waals surface area contributed by atoms with Crippen LogP contribution >= 0.6 is 0 Å². The molecule has 0 aliphatic rings. The van der Waals surface area contributed by atoms with Crippen molar-refractivity contribution in [2.24, 2.45) is 5.73 Å². The fraction of sp³-hybridized carbons (Fsp3) is 0.200. The zero-order valence-corrected chi connectivity index (χ0v) is 8.34. The number of carboxylic acids is 1. The zero-order valence-electron chi connectivity index (χ0n) is 8.34. The van der Waals surface area contributed by atoms with E-state index in [0.29, 0.717) is 5.69 Å². The van der Waals surface area contributed by atoms with Gasteiger partial charge in [0, 0.05) is 5.69 Å². The normalized spacial score (nSPS) is 11.8. The van der Waals surface area contributed by atoms with Gasteiger partial charge in [-0.3, -0.25) is 10.3 Å². The molecule has 0 saturated heterocycles. The molecule has 1 rings (SSSR count). The Morgan fingerprint density at radius 1 is 1.47 bits per heavy atom. The van der Waals surface area contributed by atoms with Crippen LogP contribution in [0.1, 0.15) is 6.92 Å². The third-order valence-electron chi connectivity index (χ3n) is 2.04. The molecule has 1 atom stereocenters. The second kappa shape index (κ2) is 4.45. The summed E-state index contributed by atoms with van der Waals surface area (Å²) in [6.45, 7) is 1.48. The standard InChI is InChI=1S/C10H13N3O2/c1-7(9(14)15)13(10(11)12)8-5-3-2-4-6-8/h2-7H,1H3,(H3,11,12)(H,14,15)/t7-/m0/s1. The molecule has 1 aromatic carbocycles. The van der Waals surface area contributed by atoms with Gasteiger partial charge in [-0.2, -0.15) is 0 Å². The number of guanidine groups is 1. The Morgan fingerprint density at radius 2 is 2.00 bits per heavy atom. The molecule has 0 aliphatic carbocycles. The number of aliphatic carboxylic acids is 1. The van der Waals surface area contributed by atoms with Gasteiger partial charge in [0.15, 0.2) is 5.96 Å². The Kier molecular flexibility index (Phi) is 3.28. The van der Waals surface area contributed by atoms with Crippen molar-refractivity contribution in [1.82, 2.24) is 0 Å². The van der Waals surface area contributed by atoms with E-state index >= 15 is 0 Å². The lowest BCUT2D eigenvalue weighted by Crippen LogP contribution is -2.46. The highest BCUT2D eigenvalue weighted by atomic mass is 16.4. The monoisotopic (exact) mass is 207 g/mol. The fourth-order valence-corrected chi connectivity index (χ4v) is 1.27. The minimum atomic E-state index is -1.02. The van der Waals surface area contributed by atoms with Crippen LogP contribution in [0.4, 0.5) is 5.69 Å². The number of hydrogen-bond donors (Lipinski definition) is 3. The SMILES string of the molecule is C[C@@H](C(=O)O)N(C(=N)N)c1ccccc1. The summed E-state index contributed by atoms with van der Waals surface area (Å²) < 4.78 is 0. The lowest BCUT2D eigenvalue weighted by atomic mass is 10.2.